The Morgan fingerprint density at radius 3 is 3.07 bits per heavy atom. The van der Waals surface area contributed by atoms with Gasteiger partial charge in [-0.15, -0.1) is 5.10 Å². The van der Waals surface area contributed by atoms with Crippen LogP contribution in [0, 0.1) is 0 Å². The summed E-state index contributed by atoms with van der Waals surface area (Å²) in [4.78, 5) is 15.9. The van der Waals surface area contributed by atoms with E-state index in [4.69, 9.17) is 0 Å². The average molecular weight is 360 g/mol. The lowest BCUT2D eigenvalue weighted by molar-refractivity contribution is -0.119. The summed E-state index contributed by atoms with van der Waals surface area (Å²) in [6, 6.07) is 3.84. The van der Waals surface area contributed by atoms with Crippen molar-refractivity contribution >= 4 is 18.6 Å². The van der Waals surface area contributed by atoms with E-state index in [9.17, 15) is 4.79 Å². The Bertz CT molecular complexity index is 900. The third-order valence-electron chi connectivity index (χ3n) is 4.44. The van der Waals surface area contributed by atoms with Gasteiger partial charge in [0.05, 0.1) is 11.7 Å². The van der Waals surface area contributed by atoms with E-state index in [0.29, 0.717) is 0 Å². The minimum atomic E-state index is -0.0779. The number of carbonyl (C=O) groups is 1. The van der Waals surface area contributed by atoms with Crippen LogP contribution < -0.4 is 10.8 Å². The number of allylic oxidation sites excluding steroid dienone is 5. The highest BCUT2D eigenvalue weighted by Crippen LogP contribution is 2.28. The van der Waals surface area contributed by atoms with Crippen molar-refractivity contribution in [2.24, 2.45) is 0 Å². The van der Waals surface area contributed by atoms with Crippen LogP contribution in [0.3, 0.4) is 0 Å². The number of rotatable bonds is 6. The van der Waals surface area contributed by atoms with Crippen LogP contribution >= 0.6 is 0 Å². The fourth-order valence-electron chi connectivity index (χ4n) is 3.21. The molecular weight excluding hydrogens is 337 g/mol. The van der Waals surface area contributed by atoms with Gasteiger partial charge in [0.2, 0.25) is 5.91 Å². The zero-order valence-corrected chi connectivity index (χ0v) is 15.7. The van der Waals surface area contributed by atoms with E-state index < -0.39 is 0 Å². The van der Waals surface area contributed by atoms with Crippen LogP contribution in [0.2, 0.25) is 0 Å². The average Bonchev–Trinajstić information content (AvgIpc) is 3.10. The number of fused-ring (bicyclic) bond motifs is 1. The van der Waals surface area contributed by atoms with Crippen molar-refractivity contribution in [1.29, 1.82) is 0 Å². The summed E-state index contributed by atoms with van der Waals surface area (Å²) in [5.41, 5.74) is 3.87. The van der Waals surface area contributed by atoms with Crippen molar-refractivity contribution in [3.8, 4) is 5.82 Å². The van der Waals surface area contributed by atoms with Gasteiger partial charge in [-0.05, 0) is 38.3 Å². The summed E-state index contributed by atoms with van der Waals surface area (Å²) in [6.07, 6.45) is 12.3. The number of hydrogen-bond acceptors (Lipinski definition) is 4. The lowest BCUT2D eigenvalue weighted by atomic mass is 9.63. The van der Waals surface area contributed by atoms with Gasteiger partial charge >= 0.3 is 0 Å². The Kier molecular flexibility index (Phi) is 6.01. The summed E-state index contributed by atoms with van der Waals surface area (Å²) >= 11 is 0. The molecule has 0 aromatic carbocycles. The first-order chi connectivity index (χ1) is 13.1. The number of nitrogens with one attached hydrogen (secondary N) is 1. The van der Waals surface area contributed by atoms with E-state index >= 15 is 0 Å². The molecule has 0 bridgehead atoms. The Balaban J connectivity index is 1.89. The largest absolute Gasteiger partial charge is 0.348 e. The normalized spacial score (nSPS) is 16.8. The predicted octanol–water partition coefficient (Wildman–Crippen LogP) is 2.15. The molecule has 27 heavy (non-hydrogen) atoms. The van der Waals surface area contributed by atoms with E-state index in [1.54, 1.807) is 10.9 Å². The predicted molar refractivity (Wildman–Crippen MR) is 107 cm³/mol. The maximum atomic E-state index is 11.4. The molecular formula is C20H23BN5O. The number of nitrogens with zero attached hydrogens (tertiary/aromatic N) is 4. The molecule has 1 unspecified atom stereocenters. The smallest absolute Gasteiger partial charge is 0.217 e. The minimum Gasteiger partial charge on any atom is -0.348 e. The first-order valence-electron chi connectivity index (χ1n) is 9.10. The standard InChI is InChI=1S/C20H23BN5O/c1-4-6-8-15(5-2)21-16-11-12-22-19(13-16)26-18-10-7-9-17(23-14(3)27)20(18)24-25-26/h4-6,8,11-13,17H,2,7,9-10H2,1,3H3,(H,23,27)/b6-4-,15-8+. The van der Waals surface area contributed by atoms with Crippen LogP contribution in [-0.4, -0.2) is 33.2 Å². The van der Waals surface area contributed by atoms with Crippen molar-refractivity contribution in [2.75, 3.05) is 0 Å². The Morgan fingerprint density at radius 2 is 2.33 bits per heavy atom. The molecule has 0 saturated heterocycles. The quantitative estimate of drug-likeness (QED) is 0.633. The number of aromatic nitrogens is 4. The van der Waals surface area contributed by atoms with E-state index in [1.807, 2.05) is 50.6 Å². The molecule has 0 saturated carbocycles. The van der Waals surface area contributed by atoms with Crippen LogP contribution in [0.4, 0.5) is 0 Å². The molecule has 1 atom stereocenters. The third kappa shape index (κ3) is 4.42. The lowest BCUT2D eigenvalue weighted by Gasteiger charge is -2.21. The van der Waals surface area contributed by atoms with Gasteiger partial charge in [0.1, 0.15) is 5.69 Å². The molecule has 7 heteroatoms. The van der Waals surface area contributed by atoms with Crippen molar-refractivity contribution in [1.82, 2.24) is 25.3 Å². The van der Waals surface area contributed by atoms with E-state index in [0.717, 1.165) is 47.4 Å². The van der Waals surface area contributed by atoms with Crippen LogP contribution in [-0.2, 0) is 11.2 Å². The lowest BCUT2D eigenvalue weighted by Crippen LogP contribution is -2.29. The summed E-state index contributed by atoms with van der Waals surface area (Å²) < 4.78 is 1.78. The highest BCUT2D eigenvalue weighted by atomic mass is 16.1. The molecule has 1 radical (unpaired) electrons. The minimum absolute atomic E-state index is 0.0537. The molecule has 1 aliphatic carbocycles. The van der Waals surface area contributed by atoms with Gasteiger partial charge in [-0.1, -0.05) is 47.0 Å². The number of amides is 1. The second-order valence-corrected chi connectivity index (χ2v) is 6.47. The molecule has 137 valence electrons. The number of carbonyl (C=O) groups excluding carboxylic acids is 1. The van der Waals surface area contributed by atoms with Crippen molar-refractivity contribution in [3.05, 3.63) is 66.1 Å². The van der Waals surface area contributed by atoms with E-state index in [-0.39, 0.29) is 11.9 Å². The summed E-state index contributed by atoms with van der Waals surface area (Å²) in [6.45, 7) is 7.36. The maximum absolute atomic E-state index is 11.4. The second-order valence-electron chi connectivity index (χ2n) is 6.47. The molecule has 0 fully saturated rings. The SMILES string of the molecule is C=C/C([B]c1ccnc(-n2nnc3c2CCCC3NC(C)=O)c1)=C\C=C/C. The first-order valence-corrected chi connectivity index (χ1v) is 9.10. The summed E-state index contributed by atoms with van der Waals surface area (Å²) in [5.74, 6) is 0.664. The fraction of sp³-hybridized carbons (Fsp3) is 0.300. The molecule has 1 aliphatic rings. The van der Waals surface area contributed by atoms with Crippen molar-refractivity contribution in [2.45, 2.75) is 39.2 Å². The van der Waals surface area contributed by atoms with Gasteiger partial charge < -0.3 is 5.32 Å². The Morgan fingerprint density at radius 1 is 1.48 bits per heavy atom. The van der Waals surface area contributed by atoms with Gasteiger partial charge in [0.25, 0.3) is 0 Å². The highest BCUT2D eigenvalue weighted by Gasteiger charge is 2.27. The summed E-state index contributed by atoms with van der Waals surface area (Å²) in [5, 5.41) is 11.6. The molecule has 1 N–H and O–H groups in total. The molecule has 0 aliphatic heterocycles. The van der Waals surface area contributed by atoms with Crippen LogP contribution in [0.5, 0.6) is 0 Å². The number of hydrogen-bond donors (Lipinski definition) is 1. The monoisotopic (exact) mass is 360 g/mol. The highest BCUT2D eigenvalue weighted by molar-refractivity contribution is 6.61. The van der Waals surface area contributed by atoms with Gasteiger partial charge in [-0.25, -0.2) is 4.98 Å². The van der Waals surface area contributed by atoms with Crippen molar-refractivity contribution in [3.63, 3.8) is 0 Å². The maximum Gasteiger partial charge on any atom is 0.217 e. The summed E-state index contributed by atoms with van der Waals surface area (Å²) in [7, 11) is 2.04. The Hall–Kier alpha value is -2.96. The van der Waals surface area contributed by atoms with Gasteiger partial charge in [-0.3, -0.25) is 4.79 Å². The first kappa shape index (κ1) is 18.8. The molecule has 6 nitrogen and oxygen atoms in total. The van der Waals surface area contributed by atoms with E-state index in [1.165, 1.54) is 6.92 Å². The van der Waals surface area contributed by atoms with E-state index in [2.05, 4.69) is 27.2 Å². The molecule has 2 aromatic rings. The number of pyridine rings is 1. The van der Waals surface area contributed by atoms with Crippen LogP contribution in [0.25, 0.3) is 5.82 Å². The molecule has 2 heterocycles. The van der Waals surface area contributed by atoms with Gasteiger partial charge in [0, 0.05) is 13.1 Å². The Labute approximate surface area is 160 Å². The second kappa shape index (κ2) is 8.62. The van der Waals surface area contributed by atoms with Crippen LogP contribution in [0.1, 0.15) is 44.1 Å². The van der Waals surface area contributed by atoms with Crippen molar-refractivity contribution < 1.29 is 4.79 Å². The fourth-order valence-corrected chi connectivity index (χ4v) is 3.21. The third-order valence-corrected chi connectivity index (χ3v) is 4.44. The zero-order chi connectivity index (χ0) is 19.2. The van der Waals surface area contributed by atoms with Gasteiger partial charge in [-0.2, -0.15) is 4.68 Å². The topological polar surface area (TPSA) is 72.7 Å². The van der Waals surface area contributed by atoms with Crippen LogP contribution in [0.15, 0.2) is 54.7 Å². The van der Waals surface area contributed by atoms with Gasteiger partial charge in [0.15, 0.2) is 13.1 Å². The zero-order valence-electron chi connectivity index (χ0n) is 15.7. The molecule has 1 amide bonds. The molecule has 0 spiro atoms. The molecule has 3 rings (SSSR count). The molecule has 2 aromatic heterocycles.